The highest BCUT2D eigenvalue weighted by molar-refractivity contribution is 6.07. The summed E-state index contributed by atoms with van der Waals surface area (Å²) in [4.78, 5) is 28.8. The van der Waals surface area contributed by atoms with E-state index < -0.39 is 17.2 Å². The summed E-state index contributed by atoms with van der Waals surface area (Å²) in [6.07, 6.45) is 0. The first kappa shape index (κ1) is 21.0. The topological polar surface area (TPSA) is 72.9 Å². The largest absolute Gasteiger partial charge is 0.389 e. The van der Waals surface area contributed by atoms with Crippen LogP contribution in [0.15, 0.2) is 60.7 Å². The number of nitrogens with zero attached hydrogens (tertiary/aromatic N) is 2. The SMILES string of the molecule is CC(C)(O)CN1C(=O)NC(C)(CN(Cc2ccccc2)Cc2ccccc2)C1=O. The Labute approximate surface area is 172 Å². The fourth-order valence-corrected chi connectivity index (χ4v) is 3.68. The van der Waals surface area contributed by atoms with Crippen molar-refractivity contribution in [2.75, 3.05) is 13.1 Å². The van der Waals surface area contributed by atoms with Crippen molar-refractivity contribution in [2.45, 2.75) is 45.0 Å². The first-order valence-electron chi connectivity index (χ1n) is 9.83. The molecular weight excluding hydrogens is 366 g/mol. The molecule has 1 aliphatic heterocycles. The third kappa shape index (κ3) is 5.43. The summed E-state index contributed by atoms with van der Waals surface area (Å²) in [6.45, 7) is 6.55. The Morgan fingerprint density at radius 3 is 1.90 bits per heavy atom. The average Bonchev–Trinajstić information content (AvgIpc) is 2.85. The molecule has 2 aromatic carbocycles. The molecule has 1 saturated heterocycles. The normalized spacial score (nSPS) is 19.7. The summed E-state index contributed by atoms with van der Waals surface area (Å²) in [6, 6.07) is 19.7. The van der Waals surface area contributed by atoms with Crippen LogP contribution in [0.4, 0.5) is 4.79 Å². The minimum absolute atomic E-state index is 0.0371. The minimum atomic E-state index is -1.15. The summed E-state index contributed by atoms with van der Waals surface area (Å²) >= 11 is 0. The molecule has 6 heteroatoms. The zero-order chi connectivity index (χ0) is 21.1. The lowest BCUT2D eigenvalue weighted by Crippen LogP contribution is -2.53. The van der Waals surface area contributed by atoms with Crippen LogP contribution in [0.2, 0.25) is 0 Å². The van der Waals surface area contributed by atoms with Crippen LogP contribution in [0.1, 0.15) is 31.9 Å². The number of benzene rings is 2. The second-order valence-electron chi connectivity index (χ2n) is 8.58. The van der Waals surface area contributed by atoms with Crippen molar-refractivity contribution in [3.05, 3.63) is 71.8 Å². The van der Waals surface area contributed by atoms with E-state index in [1.165, 1.54) is 0 Å². The summed E-state index contributed by atoms with van der Waals surface area (Å²) < 4.78 is 0. The number of rotatable bonds is 8. The molecule has 29 heavy (non-hydrogen) atoms. The molecule has 6 nitrogen and oxygen atoms in total. The molecule has 0 spiro atoms. The lowest BCUT2D eigenvalue weighted by atomic mass is 10.00. The smallest absolute Gasteiger partial charge is 0.325 e. The molecule has 2 aromatic rings. The predicted molar refractivity (Wildman–Crippen MR) is 112 cm³/mol. The predicted octanol–water partition coefficient (Wildman–Crippen LogP) is 2.77. The van der Waals surface area contributed by atoms with Gasteiger partial charge in [0, 0.05) is 19.6 Å². The van der Waals surface area contributed by atoms with Gasteiger partial charge in [-0.2, -0.15) is 0 Å². The van der Waals surface area contributed by atoms with Crippen LogP contribution in [0.3, 0.4) is 0 Å². The molecule has 0 aliphatic carbocycles. The van der Waals surface area contributed by atoms with Gasteiger partial charge in [0.25, 0.3) is 5.91 Å². The number of urea groups is 1. The Hall–Kier alpha value is -2.70. The lowest BCUT2D eigenvalue weighted by Gasteiger charge is -2.31. The van der Waals surface area contributed by atoms with Gasteiger partial charge < -0.3 is 10.4 Å². The zero-order valence-electron chi connectivity index (χ0n) is 17.3. The third-order valence-corrected chi connectivity index (χ3v) is 4.93. The van der Waals surface area contributed by atoms with Crippen LogP contribution >= 0.6 is 0 Å². The van der Waals surface area contributed by atoms with E-state index in [1.54, 1.807) is 20.8 Å². The highest BCUT2D eigenvalue weighted by Crippen LogP contribution is 2.23. The molecule has 1 fully saturated rings. The van der Waals surface area contributed by atoms with E-state index in [-0.39, 0.29) is 12.5 Å². The summed E-state index contributed by atoms with van der Waals surface area (Å²) in [7, 11) is 0. The molecule has 1 unspecified atom stereocenters. The van der Waals surface area contributed by atoms with Crippen molar-refractivity contribution in [1.82, 2.24) is 15.1 Å². The van der Waals surface area contributed by atoms with Gasteiger partial charge in [0.1, 0.15) is 5.54 Å². The number of hydrogen-bond acceptors (Lipinski definition) is 4. The van der Waals surface area contributed by atoms with Crippen molar-refractivity contribution in [3.63, 3.8) is 0 Å². The standard InChI is InChI=1S/C23H29N3O3/c1-22(2,29)16-26-20(27)23(3,24-21(26)28)17-25(14-18-10-6-4-7-11-18)15-19-12-8-5-9-13-19/h4-13,29H,14-17H2,1-3H3,(H,24,28). The summed E-state index contributed by atoms with van der Waals surface area (Å²) in [5.74, 6) is -0.309. The van der Waals surface area contributed by atoms with Crippen LogP contribution in [0.25, 0.3) is 0 Å². The van der Waals surface area contributed by atoms with Crippen molar-refractivity contribution < 1.29 is 14.7 Å². The number of amides is 3. The van der Waals surface area contributed by atoms with Crippen LogP contribution in [-0.2, 0) is 17.9 Å². The summed E-state index contributed by atoms with van der Waals surface area (Å²) in [5, 5.41) is 12.9. The Bertz CT molecular complexity index is 807. The second-order valence-corrected chi connectivity index (χ2v) is 8.58. The Morgan fingerprint density at radius 2 is 1.45 bits per heavy atom. The maximum absolute atomic E-state index is 13.1. The monoisotopic (exact) mass is 395 g/mol. The number of imide groups is 1. The molecule has 0 bridgehead atoms. The molecule has 0 saturated carbocycles. The Kier molecular flexibility index (Phi) is 6.05. The third-order valence-electron chi connectivity index (χ3n) is 4.93. The van der Waals surface area contributed by atoms with Gasteiger partial charge in [-0.1, -0.05) is 60.7 Å². The number of aliphatic hydroxyl groups is 1. The molecule has 0 radical (unpaired) electrons. The Balaban J connectivity index is 1.80. The number of hydrogen-bond donors (Lipinski definition) is 2. The quantitative estimate of drug-likeness (QED) is 0.674. The van der Waals surface area contributed by atoms with E-state index in [0.29, 0.717) is 19.6 Å². The molecule has 1 aliphatic rings. The molecule has 1 heterocycles. The van der Waals surface area contributed by atoms with Crippen molar-refractivity contribution in [2.24, 2.45) is 0 Å². The lowest BCUT2D eigenvalue weighted by molar-refractivity contribution is -0.133. The van der Waals surface area contributed by atoms with E-state index in [4.69, 9.17) is 0 Å². The van der Waals surface area contributed by atoms with Crippen LogP contribution in [0, 0.1) is 0 Å². The van der Waals surface area contributed by atoms with Gasteiger partial charge in [-0.25, -0.2) is 4.79 Å². The summed E-state index contributed by atoms with van der Waals surface area (Å²) in [5.41, 5.74) is 0.0760. The van der Waals surface area contributed by atoms with Gasteiger partial charge >= 0.3 is 6.03 Å². The van der Waals surface area contributed by atoms with E-state index in [0.717, 1.165) is 16.0 Å². The van der Waals surface area contributed by atoms with Crippen LogP contribution in [-0.4, -0.2) is 51.1 Å². The first-order valence-corrected chi connectivity index (χ1v) is 9.83. The molecule has 154 valence electrons. The number of carbonyl (C=O) groups excluding carboxylic acids is 2. The highest BCUT2D eigenvalue weighted by atomic mass is 16.3. The van der Waals surface area contributed by atoms with Crippen LogP contribution in [0.5, 0.6) is 0 Å². The maximum atomic E-state index is 13.1. The van der Waals surface area contributed by atoms with Gasteiger partial charge in [-0.05, 0) is 31.9 Å². The van der Waals surface area contributed by atoms with E-state index in [2.05, 4.69) is 34.5 Å². The fraction of sp³-hybridized carbons (Fsp3) is 0.391. The zero-order valence-corrected chi connectivity index (χ0v) is 17.3. The minimum Gasteiger partial charge on any atom is -0.389 e. The molecule has 1 atom stereocenters. The average molecular weight is 396 g/mol. The first-order chi connectivity index (χ1) is 13.7. The fourth-order valence-electron chi connectivity index (χ4n) is 3.68. The van der Waals surface area contributed by atoms with Crippen molar-refractivity contribution in [1.29, 1.82) is 0 Å². The highest BCUT2D eigenvalue weighted by Gasteiger charge is 2.49. The number of nitrogens with one attached hydrogen (secondary N) is 1. The second kappa shape index (κ2) is 8.35. The maximum Gasteiger partial charge on any atom is 0.325 e. The van der Waals surface area contributed by atoms with Gasteiger partial charge in [-0.3, -0.25) is 14.6 Å². The van der Waals surface area contributed by atoms with Gasteiger partial charge in [-0.15, -0.1) is 0 Å². The Morgan fingerprint density at radius 1 is 0.966 bits per heavy atom. The van der Waals surface area contributed by atoms with Crippen LogP contribution < -0.4 is 5.32 Å². The number of carbonyl (C=O) groups is 2. The molecule has 0 aromatic heterocycles. The molecule has 3 rings (SSSR count). The molecule has 2 N–H and O–H groups in total. The van der Waals surface area contributed by atoms with E-state index >= 15 is 0 Å². The van der Waals surface area contributed by atoms with Gasteiger partial charge in [0.2, 0.25) is 0 Å². The van der Waals surface area contributed by atoms with E-state index in [9.17, 15) is 14.7 Å². The van der Waals surface area contributed by atoms with Crippen molar-refractivity contribution in [3.8, 4) is 0 Å². The van der Waals surface area contributed by atoms with Gasteiger partial charge in [0.15, 0.2) is 0 Å². The van der Waals surface area contributed by atoms with E-state index in [1.807, 2.05) is 36.4 Å². The van der Waals surface area contributed by atoms with Crippen molar-refractivity contribution >= 4 is 11.9 Å². The molecular formula is C23H29N3O3. The molecule has 3 amide bonds. The van der Waals surface area contributed by atoms with Gasteiger partial charge in [0.05, 0.1) is 12.1 Å². The number of β-amino-alcohol motifs (C(OH)–C–C–N with tert-alkyl or cyclic N) is 1.